The highest BCUT2D eigenvalue weighted by Gasteiger charge is 2.31. The molecular weight excluding hydrogens is 528 g/mol. The Balaban J connectivity index is 1.27. The van der Waals surface area contributed by atoms with E-state index in [1.165, 1.54) is 34.0 Å². The van der Waals surface area contributed by atoms with Crippen LogP contribution in [0.15, 0.2) is 36.4 Å². The second-order valence-electron chi connectivity index (χ2n) is 12.9. The van der Waals surface area contributed by atoms with Crippen LogP contribution in [-0.2, 0) is 17.7 Å². The third-order valence-electron chi connectivity index (χ3n) is 8.76. The fraction of sp³-hybridized carbons (Fsp3) is 0.545. The normalized spacial score (nSPS) is 19.7. The van der Waals surface area contributed by atoms with Gasteiger partial charge >= 0.3 is 12.1 Å². The zero-order chi connectivity index (χ0) is 29.4. The van der Waals surface area contributed by atoms with E-state index >= 15 is 0 Å². The zero-order valence-electron chi connectivity index (χ0n) is 25.7. The Morgan fingerprint density at radius 1 is 0.976 bits per heavy atom. The van der Waals surface area contributed by atoms with Crippen molar-refractivity contribution in [1.29, 1.82) is 0 Å². The van der Waals surface area contributed by atoms with Crippen molar-refractivity contribution in [3.63, 3.8) is 0 Å². The maximum atomic E-state index is 12.7. The number of rotatable bonds is 5. The summed E-state index contributed by atoms with van der Waals surface area (Å²) in [7, 11) is 2.16. The molecular formula is C33H44N6O3. The minimum absolute atomic E-state index is 0.252. The van der Waals surface area contributed by atoms with Crippen LogP contribution < -0.4 is 14.5 Å². The molecule has 2 fully saturated rings. The second-order valence-corrected chi connectivity index (χ2v) is 12.9. The Morgan fingerprint density at radius 2 is 1.74 bits per heavy atom. The van der Waals surface area contributed by atoms with Crippen molar-refractivity contribution in [2.24, 2.45) is 0 Å². The summed E-state index contributed by atoms with van der Waals surface area (Å²) < 4.78 is 11.9. The number of benzene rings is 2. The highest BCUT2D eigenvalue weighted by molar-refractivity contribution is 5.97. The number of fused-ring (bicyclic) bond motifs is 2. The summed E-state index contributed by atoms with van der Waals surface area (Å²) in [5.74, 6) is 0.951. The van der Waals surface area contributed by atoms with Crippen LogP contribution in [0.2, 0.25) is 0 Å². The third kappa shape index (κ3) is 5.98. The number of nitrogens with zero attached hydrogens (tertiary/aromatic N) is 6. The molecule has 2 saturated heterocycles. The molecule has 2 aromatic carbocycles. The van der Waals surface area contributed by atoms with Gasteiger partial charge in [-0.2, -0.15) is 9.97 Å². The highest BCUT2D eigenvalue weighted by atomic mass is 16.6. The van der Waals surface area contributed by atoms with E-state index in [4.69, 9.17) is 19.4 Å². The number of likely N-dealkylation sites (N-methyl/N-ethyl adjacent to an activating group) is 1. The Labute approximate surface area is 249 Å². The number of hydrogen-bond donors (Lipinski definition) is 0. The SMILES string of the molecule is Cc1cccc2cccc(N3CCc4c(nc(OC[C@@H]5CCCN5C)nc4N4CCN(C(=O)OC(C)(C)C)CC4)C3)c12. The lowest BCUT2D eigenvalue weighted by Gasteiger charge is -2.38. The number of ether oxygens (including phenoxy) is 2. The van der Waals surface area contributed by atoms with Gasteiger partial charge in [0.25, 0.3) is 0 Å². The number of carbonyl (C=O) groups excluding carboxylic acids is 1. The first-order valence-electron chi connectivity index (χ1n) is 15.4. The van der Waals surface area contributed by atoms with Gasteiger partial charge in [-0.3, -0.25) is 0 Å². The summed E-state index contributed by atoms with van der Waals surface area (Å²) in [5, 5.41) is 2.56. The Morgan fingerprint density at radius 3 is 2.45 bits per heavy atom. The number of aryl methyl sites for hydroxylation is 1. The number of amides is 1. The summed E-state index contributed by atoms with van der Waals surface area (Å²) in [4.78, 5) is 31.6. The van der Waals surface area contributed by atoms with Crippen LogP contribution in [0, 0.1) is 6.92 Å². The first-order chi connectivity index (χ1) is 20.2. The molecule has 3 aliphatic heterocycles. The van der Waals surface area contributed by atoms with Crippen LogP contribution in [0.25, 0.3) is 10.8 Å². The molecule has 224 valence electrons. The van der Waals surface area contributed by atoms with Crippen molar-refractivity contribution in [1.82, 2.24) is 19.8 Å². The minimum atomic E-state index is -0.506. The van der Waals surface area contributed by atoms with Gasteiger partial charge in [0.05, 0.1) is 12.2 Å². The molecule has 0 unspecified atom stereocenters. The molecule has 9 heteroatoms. The van der Waals surface area contributed by atoms with E-state index in [2.05, 4.69) is 65.1 Å². The molecule has 0 spiro atoms. The van der Waals surface area contributed by atoms with Crippen molar-refractivity contribution >= 4 is 28.4 Å². The van der Waals surface area contributed by atoms with Crippen molar-refractivity contribution in [3.05, 3.63) is 53.2 Å². The average Bonchev–Trinajstić information content (AvgIpc) is 3.38. The number of anilines is 2. The van der Waals surface area contributed by atoms with E-state index < -0.39 is 5.60 Å². The average molecular weight is 573 g/mol. The smallest absolute Gasteiger partial charge is 0.410 e. The minimum Gasteiger partial charge on any atom is -0.462 e. The molecule has 4 heterocycles. The predicted molar refractivity (Wildman–Crippen MR) is 167 cm³/mol. The fourth-order valence-electron chi connectivity index (χ4n) is 6.48. The molecule has 9 nitrogen and oxygen atoms in total. The monoisotopic (exact) mass is 572 g/mol. The number of aromatic nitrogens is 2. The van der Waals surface area contributed by atoms with Crippen LogP contribution in [0.1, 0.15) is 50.4 Å². The predicted octanol–water partition coefficient (Wildman–Crippen LogP) is 5.03. The molecule has 3 aliphatic rings. The van der Waals surface area contributed by atoms with E-state index in [1.54, 1.807) is 4.90 Å². The lowest BCUT2D eigenvalue weighted by atomic mass is 9.99. The van der Waals surface area contributed by atoms with Crippen molar-refractivity contribution in [2.75, 3.05) is 62.7 Å². The number of hydrogen-bond acceptors (Lipinski definition) is 8. The van der Waals surface area contributed by atoms with Crippen LogP contribution in [0.5, 0.6) is 6.01 Å². The molecule has 0 N–H and O–H groups in total. The molecule has 0 aliphatic carbocycles. The van der Waals surface area contributed by atoms with Gasteiger partial charge in [-0.25, -0.2) is 4.79 Å². The van der Waals surface area contributed by atoms with Gasteiger partial charge in [-0.05, 0) is 77.6 Å². The number of likely N-dealkylation sites (tertiary alicyclic amines) is 1. The summed E-state index contributed by atoms with van der Waals surface area (Å²) in [6, 6.07) is 13.9. The van der Waals surface area contributed by atoms with Crippen molar-refractivity contribution in [3.8, 4) is 6.01 Å². The van der Waals surface area contributed by atoms with E-state index in [-0.39, 0.29) is 6.09 Å². The maximum Gasteiger partial charge on any atom is 0.410 e. The first-order valence-corrected chi connectivity index (χ1v) is 15.4. The Hall–Kier alpha value is -3.59. The van der Waals surface area contributed by atoms with Gasteiger partial charge in [-0.1, -0.05) is 30.3 Å². The zero-order valence-corrected chi connectivity index (χ0v) is 25.7. The Kier molecular flexibility index (Phi) is 7.87. The molecule has 3 aromatic rings. The fourth-order valence-corrected chi connectivity index (χ4v) is 6.48. The molecule has 0 bridgehead atoms. The molecule has 0 saturated carbocycles. The van der Waals surface area contributed by atoms with Gasteiger partial charge < -0.3 is 29.1 Å². The molecule has 6 rings (SSSR count). The van der Waals surface area contributed by atoms with Crippen LogP contribution >= 0.6 is 0 Å². The van der Waals surface area contributed by atoms with Crippen LogP contribution in [-0.4, -0.2) is 90.4 Å². The topological polar surface area (TPSA) is 74.3 Å². The number of carbonyl (C=O) groups is 1. The maximum absolute atomic E-state index is 12.7. The highest BCUT2D eigenvalue weighted by Crippen LogP contribution is 2.35. The van der Waals surface area contributed by atoms with Crippen LogP contribution in [0.3, 0.4) is 0 Å². The summed E-state index contributed by atoms with van der Waals surface area (Å²) in [6.07, 6.45) is 2.93. The quantitative estimate of drug-likeness (QED) is 0.422. The third-order valence-corrected chi connectivity index (χ3v) is 8.76. The van der Waals surface area contributed by atoms with E-state index in [1.807, 2.05) is 20.8 Å². The molecule has 1 atom stereocenters. The summed E-state index contributed by atoms with van der Waals surface area (Å²) in [6.45, 7) is 13.8. The largest absolute Gasteiger partial charge is 0.462 e. The first kappa shape index (κ1) is 28.5. The lowest BCUT2D eigenvalue weighted by molar-refractivity contribution is 0.0240. The second kappa shape index (κ2) is 11.6. The Bertz CT molecular complexity index is 1440. The number of piperazine rings is 1. The van der Waals surface area contributed by atoms with Crippen molar-refractivity contribution in [2.45, 2.75) is 65.1 Å². The van der Waals surface area contributed by atoms with E-state index in [9.17, 15) is 4.79 Å². The molecule has 42 heavy (non-hydrogen) atoms. The van der Waals surface area contributed by atoms with Gasteiger partial charge in [-0.15, -0.1) is 0 Å². The van der Waals surface area contributed by atoms with Gasteiger partial charge in [0.15, 0.2) is 0 Å². The molecule has 0 radical (unpaired) electrons. The van der Waals surface area contributed by atoms with Crippen molar-refractivity contribution < 1.29 is 14.3 Å². The molecule has 1 amide bonds. The van der Waals surface area contributed by atoms with E-state index in [0.717, 1.165) is 37.4 Å². The summed E-state index contributed by atoms with van der Waals surface area (Å²) in [5.41, 5.74) is 4.25. The summed E-state index contributed by atoms with van der Waals surface area (Å²) >= 11 is 0. The molecule has 1 aromatic heterocycles. The van der Waals surface area contributed by atoms with E-state index in [0.29, 0.717) is 51.4 Å². The lowest BCUT2D eigenvalue weighted by Crippen LogP contribution is -2.50. The van der Waals surface area contributed by atoms with Gasteiger partial charge in [0.1, 0.15) is 18.0 Å². The van der Waals surface area contributed by atoms with Crippen LogP contribution in [0.4, 0.5) is 16.3 Å². The standard InChI is InChI=1S/C33H44N6O3/c1-23-9-6-10-24-11-7-13-28(29(23)24)39-16-14-26-27(21-39)34-31(41-22-25-12-8-15-36(25)5)35-30(26)37-17-19-38(20-18-37)32(40)42-33(2,3)4/h6-7,9-11,13,25H,8,12,14-22H2,1-5H3/t25-/m0/s1. The van der Waals surface area contributed by atoms with Gasteiger partial charge in [0, 0.05) is 55.4 Å². The van der Waals surface area contributed by atoms with Gasteiger partial charge in [0.2, 0.25) is 0 Å².